The quantitative estimate of drug-likeness (QED) is 0.0770. The number of allylic oxidation sites excluding steroid dienone is 1. The second-order valence-electron chi connectivity index (χ2n) is 13.1. The number of unbranched alkanes of at least 4 members (excludes halogenated alkanes) is 2. The van der Waals surface area contributed by atoms with Gasteiger partial charge in [-0.2, -0.15) is 0 Å². The van der Waals surface area contributed by atoms with Crippen LogP contribution in [0.3, 0.4) is 0 Å². The lowest BCUT2D eigenvalue weighted by molar-refractivity contribution is 0.497. The Morgan fingerprint density at radius 1 is 0.500 bits per heavy atom. The van der Waals surface area contributed by atoms with E-state index in [1.165, 1.54) is 66.8 Å². The zero-order chi connectivity index (χ0) is 32.8. The second kappa shape index (κ2) is 14.1. The van der Waals surface area contributed by atoms with Crippen molar-refractivity contribution < 1.29 is 0 Å². The molecule has 0 aliphatic heterocycles. The van der Waals surface area contributed by atoms with Crippen LogP contribution >= 0.6 is 0 Å². The van der Waals surface area contributed by atoms with E-state index in [1.807, 2.05) is 6.08 Å². The molecule has 0 N–H and O–H groups in total. The minimum Gasteiger partial charge on any atom is -0.103 e. The third-order valence-electron chi connectivity index (χ3n) is 9.86. The molecule has 0 fully saturated rings. The van der Waals surface area contributed by atoms with Crippen molar-refractivity contribution in [3.8, 4) is 11.1 Å². The summed E-state index contributed by atoms with van der Waals surface area (Å²) in [6, 6.07) is 57.2. The van der Waals surface area contributed by atoms with Crippen molar-refractivity contribution in [3.05, 3.63) is 215 Å². The van der Waals surface area contributed by atoms with Gasteiger partial charge in [0.05, 0.1) is 0 Å². The Bertz CT molecular complexity index is 1840. The van der Waals surface area contributed by atoms with Gasteiger partial charge in [-0.3, -0.25) is 0 Å². The first-order valence-electron chi connectivity index (χ1n) is 17.2. The molecule has 234 valence electrons. The molecular weight excluding hydrogens is 577 g/mol. The molecule has 0 radical (unpaired) electrons. The first kappa shape index (κ1) is 31.2. The summed E-state index contributed by atoms with van der Waals surface area (Å²) in [4.78, 5) is 0. The summed E-state index contributed by atoms with van der Waals surface area (Å²) in [7, 11) is 0. The number of hydrogen-bond acceptors (Lipinski definition) is 0. The predicted octanol–water partition coefficient (Wildman–Crippen LogP) is 12.9. The molecule has 0 heterocycles. The summed E-state index contributed by atoms with van der Waals surface area (Å²) in [6.07, 6.45) is 11.2. The summed E-state index contributed by atoms with van der Waals surface area (Å²) in [5.74, 6) is 0. The van der Waals surface area contributed by atoms with Crippen molar-refractivity contribution >= 4 is 23.3 Å². The fraction of sp³-hybridized carbons (Fsp3) is 0.125. The highest BCUT2D eigenvalue weighted by molar-refractivity contribution is 5.94. The van der Waals surface area contributed by atoms with Gasteiger partial charge in [-0.1, -0.05) is 177 Å². The summed E-state index contributed by atoms with van der Waals surface area (Å²) in [5, 5.41) is 0. The van der Waals surface area contributed by atoms with E-state index < -0.39 is 0 Å². The molecule has 0 bridgehead atoms. The molecule has 6 aromatic carbocycles. The summed E-state index contributed by atoms with van der Waals surface area (Å²) < 4.78 is 0. The van der Waals surface area contributed by atoms with Crippen molar-refractivity contribution in [2.75, 3.05) is 0 Å². The van der Waals surface area contributed by atoms with E-state index >= 15 is 0 Å². The third-order valence-corrected chi connectivity index (χ3v) is 9.86. The summed E-state index contributed by atoms with van der Waals surface area (Å²) in [5.41, 5.74) is 15.3. The van der Waals surface area contributed by atoms with Gasteiger partial charge in [0.1, 0.15) is 0 Å². The Balaban J connectivity index is 1.34. The molecule has 0 saturated carbocycles. The van der Waals surface area contributed by atoms with Crippen LogP contribution in [0.5, 0.6) is 0 Å². The first-order chi connectivity index (χ1) is 23.6. The monoisotopic (exact) mass is 618 g/mol. The van der Waals surface area contributed by atoms with E-state index in [0.717, 1.165) is 25.7 Å². The van der Waals surface area contributed by atoms with Gasteiger partial charge in [-0.15, -0.1) is 6.58 Å². The number of rotatable bonds is 11. The normalized spacial score (nSPS) is 12.4. The zero-order valence-corrected chi connectivity index (χ0v) is 27.8. The van der Waals surface area contributed by atoms with E-state index in [-0.39, 0.29) is 5.41 Å². The second-order valence-corrected chi connectivity index (χ2v) is 13.1. The van der Waals surface area contributed by atoms with Crippen LogP contribution < -0.4 is 0 Å². The molecule has 0 saturated heterocycles. The Kier molecular flexibility index (Phi) is 9.16. The molecule has 0 unspecified atom stereocenters. The van der Waals surface area contributed by atoms with Crippen molar-refractivity contribution in [2.45, 2.75) is 38.0 Å². The number of hydrogen-bond donors (Lipinski definition) is 0. The molecule has 48 heavy (non-hydrogen) atoms. The highest BCUT2D eigenvalue weighted by Crippen LogP contribution is 2.52. The van der Waals surface area contributed by atoms with Crippen molar-refractivity contribution in [3.63, 3.8) is 0 Å². The molecule has 1 aliphatic rings. The van der Waals surface area contributed by atoms with Crippen LogP contribution in [0.15, 0.2) is 170 Å². The maximum Gasteiger partial charge on any atom is 0.0187 e. The van der Waals surface area contributed by atoms with E-state index in [0.29, 0.717) is 0 Å². The number of fused-ring (bicyclic) bond motifs is 3. The van der Waals surface area contributed by atoms with Crippen LogP contribution in [-0.4, -0.2) is 0 Å². The van der Waals surface area contributed by atoms with Gasteiger partial charge in [0.25, 0.3) is 0 Å². The molecule has 0 aromatic heterocycles. The Labute approximate surface area is 286 Å². The van der Waals surface area contributed by atoms with E-state index in [4.69, 9.17) is 0 Å². The van der Waals surface area contributed by atoms with Crippen LogP contribution in [0.4, 0.5) is 0 Å². The van der Waals surface area contributed by atoms with Crippen molar-refractivity contribution in [1.82, 2.24) is 0 Å². The molecule has 0 heteroatoms. The van der Waals surface area contributed by atoms with Gasteiger partial charge in [0.2, 0.25) is 0 Å². The lowest BCUT2D eigenvalue weighted by atomic mass is 9.75. The number of benzene rings is 6. The molecule has 0 spiro atoms. The van der Waals surface area contributed by atoms with Crippen LogP contribution in [-0.2, 0) is 5.41 Å². The Hall–Kier alpha value is -5.46. The highest BCUT2D eigenvalue weighted by atomic mass is 14.4. The largest absolute Gasteiger partial charge is 0.103 e. The van der Waals surface area contributed by atoms with Crippen molar-refractivity contribution in [2.24, 2.45) is 0 Å². The summed E-state index contributed by atoms with van der Waals surface area (Å²) >= 11 is 0. The zero-order valence-electron chi connectivity index (χ0n) is 27.8. The molecule has 0 nitrogen and oxygen atoms in total. The van der Waals surface area contributed by atoms with Crippen LogP contribution in [0.2, 0.25) is 0 Å². The van der Waals surface area contributed by atoms with Gasteiger partial charge < -0.3 is 0 Å². The van der Waals surface area contributed by atoms with Crippen LogP contribution in [0.1, 0.15) is 77.1 Å². The Morgan fingerprint density at radius 2 is 0.875 bits per heavy atom. The van der Waals surface area contributed by atoms with Gasteiger partial charge in [-0.05, 0) is 98.2 Å². The fourth-order valence-corrected chi connectivity index (χ4v) is 7.34. The standard InChI is InChI=1S/C48H42/c1-3-4-5-18-31-48(2)46-34-36(32-44(38-19-10-6-11-20-38)39-21-12-7-13-22-39)27-29-42(46)43-30-28-37(35-47(43)48)33-45(40-23-14-8-15-24-40)41-25-16-9-17-26-41/h3,6-17,19-30,32-35H,1,4-5,18,31H2,2H3. The minimum atomic E-state index is -0.0984. The molecule has 1 aliphatic carbocycles. The molecule has 0 amide bonds. The lowest BCUT2D eigenvalue weighted by Gasteiger charge is -2.28. The topological polar surface area (TPSA) is 0 Å². The maximum absolute atomic E-state index is 3.98. The molecule has 7 rings (SSSR count). The SMILES string of the molecule is C=CCCCCC1(C)c2cc(C=C(c3ccccc3)c3ccccc3)ccc2-c2ccc(C=C(c3ccccc3)c3ccccc3)cc21. The Morgan fingerprint density at radius 3 is 1.23 bits per heavy atom. The minimum absolute atomic E-state index is 0.0984. The highest BCUT2D eigenvalue weighted by Gasteiger charge is 2.39. The van der Waals surface area contributed by atoms with E-state index in [1.54, 1.807) is 0 Å². The van der Waals surface area contributed by atoms with E-state index in [2.05, 4.69) is 183 Å². The fourth-order valence-electron chi connectivity index (χ4n) is 7.34. The predicted molar refractivity (Wildman–Crippen MR) is 207 cm³/mol. The first-order valence-corrected chi connectivity index (χ1v) is 17.2. The van der Waals surface area contributed by atoms with E-state index in [9.17, 15) is 0 Å². The van der Waals surface area contributed by atoms with Gasteiger partial charge >= 0.3 is 0 Å². The maximum atomic E-state index is 3.98. The smallest absolute Gasteiger partial charge is 0.0187 e. The van der Waals surface area contributed by atoms with Crippen LogP contribution in [0, 0.1) is 0 Å². The third kappa shape index (κ3) is 6.40. The van der Waals surface area contributed by atoms with Crippen molar-refractivity contribution in [1.29, 1.82) is 0 Å². The molecule has 0 atom stereocenters. The summed E-state index contributed by atoms with van der Waals surface area (Å²) in [6.45, 7) is 6.45. The van der Waals surface area contributed by atoms with Gasteiger partial charge in [0, 0.05) is 5.41 Å². The average molecular weight is 619 g/mol. The van der Waals surface area contributed by atoms with Gasteiger partial charge in [0.15, 0.2) is 0 Å². The molecular formula is C48H42. The van der Waals surface area contributed by atoms with Crippen LogP contribution in [0.25, 0.3) is 34.4 Å². The average Bonchev–Trinajstić information content (AvgIpc) is 3.39. The van der Waals surface area contributed by atoms with Gasteiger partial charge in [-0.25, -0.2) is 0 Å². The molecule has 6 aromatic rings. The lowest BCUT2D eigenvalue weighted by Crippen LogP contribution is -2.21.